The highest BCUT2D eigenvalue weighted by Gasteiger charge is 2.04. The molecule has 0 fully saturated rings. The van der Waals surface area contributed by atoms with Crippen molar-refractivity contribution in [3.63, 3.8) is 0 Å². The van der Waals surface area contributed by atoms with Gasteiger partial charge in [0.1, 0.15) is 0 Å². The zero-order chi connectivity index (χ0) is 11.1. The van der Waals surface area contributed by atoms with E-state index in [4.69, 9.17) is 11.6 Å². The largest absolute Gasteiger partial charge is 0.383 e. The van der Waals surface area contributed by atoms with Gasteiger partial charge in [-0.3, -0.25) is 0 Å². The molecule has 0 aromatic heterocycles. The molecule has 1 rings (SSSR count). The van der Waals surface area contributed by atoms with E-state index in [9.17, 15) is 4.39 Å². The maximum absolute atomic E-state index is 13.4. The highest BCUT2D eigenvalue weighted by atomic mass is 35.5. The van der Waals surface area contributed by atoms with Gasteiger partial charge in [0.25, 0.3) is 0 Å². The molecule has 0 heterocycles. The minimum absolute atomic E-state index is 0.169. The number of anilines is 1. The summed E-state index contributed by atoms with van der Waals surface area (Å²) in [5.74, 6) is 1.87. The van der Waals surface area contributed by atoms with Gasteiger partial charge in [-0.25, -0.2) is 4.39 Å². The minimum Gasteiger partial charge on any atom is -0.383 e. The van der Waals surface area contributed by atoms with Crippen LogP contribution in [0.2, 0.25) is 5.02 Å². The van der Waals surface area contributed by atoms with Crippen molar-refractivity contribution in [2.45, 2.75) is 13.3 Å². The molecule has 4 heteroatoms. The predicted octanol–water partition coefficient (Wildman–Crippen LogP) is 4.03. The van der Waals surface area contributed by atoms with Crippen LogP contribution in [0, 0.1) is 5.82 Å². The van der Waals surface area contributed by atoms with Crippen LogP contribution in [-0.2, 0) is 0 Å². The Labute approximate surface area is 99.4 Å². The van der Waals surface area contributed by atoms with Crippen LogP contribution in [0.5, 0.6) is 0 Å². The first kappa shape index (κ1) is 12.7. The highest BCUT2D eigenvalue weighted by Crippen LogP contribution is 2.21. The van der Waals surface area contributed by atoms with Crippen molar-refractivity contribution in [2.24, 2.45) is 0 Å². The molecule has 0 radical (unpaired) electrons. The fourth-order valence-corrected chi connectivity index (χ4v) is 1.99. The van der Waals surface area contributed by atoms with Gasteiger partial charge in [0.05, 0.1) is 10.7 Å². The fourth-order valence-electron chi connectivity index (χ4n) is 1.18. The number of thioether (sulfide) groups is 1. The predicted molar refractivity (Wildman–Crippen MR) is 67.5 cm³/mol. The Balaban J connectivity index is 2.34. The van der Waals surface area contributed by atoms with Crippen LogP contribution in [0.1, 0.15) is 13.3 Å². The van der Waals surface area contributed by atoms with Crippen LogP contribution < -0.4 is 5.32 Å². The average molecular weight is 248 g/mol. The number of hydrogen-bond donors (Lipinski definition) is 1. The van der Waals surface area contributed by atoms with Crippen LogP contribution in [-0.4, -0.2) is 18.1 Å². The minimum atomic E-state index is -0.359. The summed E-state index contributed by atoms with van der Waals surface area (Å²) in [6.07, 6.45) is 1.03. The molecule has 0 aliphatic rings. The maximum atomic E-state index is 13.4. The van der Waals surface area contributed by atoms with Crippen molar-refractivity contribution >= 4 is 29.1 Å². The van der Waals surface area contributed by atoms with E-state index in [0.29, 0.717) is 5.69 Å². The molecule has 0 atom stereocenters. The van der Waals surface area contributed by atoms with E-state index in [0.717, 1.165) is 24.5 Å². The van der Waals surface area contributed by atoms with Crippen molar-refractivity contribution in [3.8, 4) is 0 Å². The first-order valence-corrected chi connectivity index (χ1v) is 6.54. The van der Waals surface area contributed by atoms with Crippen LogP contribution >= 0.6 is 23.4 Å². The third-order valence-corrected chi connectivity index (χ3v) is 3.21. The molecule has 0 saturated carbocycles. The Bertz CT molecular complexity index is 307. The van der Waals surface area contributed by atoms with Gasteiger partial charge in [-0.2, -0.15) is 11.8 Å². The Morgan fingerprint density at radius 2 is 2.27 bits per heavy atom. The van der Waals surface area contributed by atoms with Gasteiger partial charge in [0.2, 0.25) is 0 Å². The van der Waals surface area contributed by atoms with E-state index in [2.05, 4.69) is 12.2 Å². The summed E-state index contributed by atoms with van der Waals surface area (Å²) >= 11 is 7.55. The summed E-state index contributed by atoms with van der Waals surface area (Å²) in [7, 11) is 0. The second-order valence-corrected chi connectivity index (χ2v) is 4.88. The molecule has 0 amide bonds. The summed E-state index contributed by atoms with van der Waals surface area (Å²) in [4.78, 5) is 0. The van der Waals surface area contributed by atoms with E-state index in [1.165, 1.54) is 0 Å². The highest BCUT2D eigenvalue weighted by molar-refractivity contribution is 7.99. The van der Waals surface area contributed by atoms with Gasteiger partial charge in [-0.05, 0) is 30.1 Å². The molecule has 1 aromatic rings. The first-order chi connectivity index (χ1) is 7.25. The smallest absolute Gasteiger partial charge is 0.164 e. The topological polar surface area (TPSA) is 12.0 Å². The summed E-state index contributed by atoms with van der Waals surface area (Å²) in [5.41, 5.74) is 0.490. The summed E-state index contributed by atoms with van der Waals surface area (Å²) < 4.78 is 13.4. The number of rotatable bonds is 6. The van der Waals surface area contributed by atoms with Crippen LogP contribution in [0.15, 0.2) is 18.2 Å². The van der Waals surface area contributed by atoms with Crippen molar-refractivity contribution in [2.75, 3.05) is 23.4 Å². The Morgan fingerprint density at radius 3 is 3.00 bits per heavy atom. The number of nitrogens with one attached hydrogen (secondary N) is 1. The molecule has 0 aliphatic carbocycles. The summed E-state index contributed by atoms with van der Waals surface area (Å²) in [6.45, 7) is 2.92. The van der Waals surface area contributed by atoms with Crippen molar-refractivity contribution < 1.29 is 4.39 Å². The zero-order valence-corrected chi connectivity index (χ0v) is 10.3. The van der Waals surface area contributed by atoms with E-state index in [-0.39, 0.29) is 10.8 Å². The molecular formula is C11H15ClFNS. The number of hydrogen-bond acceptors (Lipinski definition) is 2. The molecule has 0 saturated heterocycles. The Morgan fingerprint density at radius 1 is 1.47 bits per heavy atom. The molecule has 0 aliphatic heterocycles. The third kappa shape index (κ3) is 4.31. The van der Waals surface area contributed by atoms with E-state index < -0.39 is 0 Å². The first-order valence-electron chi connectivity index (χ1n) is 5.01. The molecule has 0 bridgehead atoms. The van der Waals surface area contributed by atoms with Crippen molar-refractivity contribution in [3.05, 3.63) is 29.0 Å². The monoisotopic (exact) mass is 247 g/mol. The van der Waals surface area contributed by atoms with Crippen LogP contribution in [0.25, 0.3) is 0 Å². The molecule has 1 N–H and O–H groups in total. The fraction of sp³-hybridized carbons (Fsp3) is 0.455. The van der Waals surface area contributed by atoms with E-state index in [1.54, 1.807) is 18.2 Å². The Kier molecular flexibility index (Phi) is 5.88. The van der Waals surface area contributed by atoms with Gasteiger partial charge in [0.15, 0.2) is 5.82 Å². The number of halogens is 2. The second-order valence-electron chi connectivity index (χ2n) is 3.08. The Hall–Kier alpha value is -0.410. The quantitative estimate of drug-likeness (QED) is 0.762. The summed E-state index contributed by atoms with van der Waals surface area (Å²) in [6, 6.07) is 5.00. The normalized spacial score (nSPS) is 10.3. The SMILES string of the molecule is CCSCCCNc1cccc(Cl)c1F. The molecule has 1 nitrogen and oxygen atoms in total. The average Bonchev–Trinajstić information content (AvgIpc) is 2.24. The van der Waals surface area contributed by atoms with Gasteiger partial charge < -0.3 is 5.32 Å². The van der Waals surface area contributed by atoms with Gasteiger partial charge >= 0.3 is 0 Å². The lowest BCUT2D eigenvalue weighted by molar-refractivity contribution is 0.630. The molecular weight excluding hydrogens is 233 g/mol. The standard InChI is InChI=1S/C11H15ClFNS/c1-2-15-8-4-7-14-10-6-3-5-9(12)11(10)13/h3,5-6,14H,2,4,7-8H2,1H3. The van der Waals surface area contributed by atoms with Crippen molar-refractivity contribution in [1.29, 1.82) is 0 Å². The molecule has 0 unspecified atom stereocenters. The molecule has 15 heavy (non-hydrogen) atoms. The zero-order valence-electron chi connectivity index (χ0n) is 8.72. The lowest BCUT2D eigenvalue weighted by Crippen LogP contribution is -2.04. The second kappa shape index (κ2) is 6.96. The molecule has 1 aromatic carbocycles. The number of benzene rings is 1. The lowest BCUT2D eigenvalue weighted by Gasteiger charge is -2.07. The lowest BCUT2D eigenvalue weighted by atomic mass is 10.3. The molecule has 0 spiro atoms. The van der Waals surface area contributed by atoms with Gasteiger partial charge in [0, 0.05) is 6.54 Å². The van der Waals surface area contributed by atoms with Crippen LogP contribution in [0.3, 0.4) is 0 Å². The maximum Gasteiger partial charge on any atom is 0.164 e. The summed E-state index contributed by atoms with van der Waals surface area (Å²) in [5, 5.41) is 3.21. The third-order valence-electron chi connectivity index (χ3n) is 1.94. The molecule has 84 valence electrons. The van der Waals surface area contributed by atoms with Crippen molar-refractivity contribution in [1.82, 2.24) is 0 Å². The van der Waals surface area contributed by atoms with E-state index in [1.807, 2.05) is 11.8 Å². The van der Waals surface area contributed by atoms with Gasteiger partial charge in [-0.15, -0.1) is 0 Å². The van der Waals surface area contributed by atoms with Crippen LogP contribution in [0.4, 0.5) is 10.1 Å². The van der Waals surface area contributed by atoms with E-state index >= 15 is 0 Å². The van der Waals surface area contributed by atoms with Gasteiger partial charge in [-0.1, -0.05) is 24.6 Å².